The third-order valence-corrected chi connectivity index (χ3v) is 18.5. The van der Waals surface area contributed by atoms with Crippen LogP contribution in [0.1, 0.15) is 115 Å². The second-order valence-corrected chi connectivity index (χ2v) is 25.4. The number of aromatic nitrogens is 5. The lowest BCUT2D eigenvalue weighted by molar-refractivity contribution is -0.141. The summed E-state index contributed by atoms with van der Waals surface area (Å²) in [5, 5.41) is 18.7. The molecular formula is C62H69F3N10O8S. The largest absolute Gasteiger partial charge is 0.474 e. The summed E-state index contributed by atoms with van der Waals surface area (Å²) in [5.74, 6) is -3.95. The number of aliphatic hydroxyl groups excluding tert-OH is 1. The van der Waals surface area contributed by atoms with E-state index in [1.54, 1.807) is 29.5 Å². The standard InChI is InChI=1S/C62H69F3N10O8S/c1-33(2)49(58(78)73-29-42(76)24-46(73)57(77)68-34(3)36-12-14-38(15-13-36)55-35(4)67-32-84-55)47-25-48(71-83-47)80-30-41-20-22-62(21-9-23-74(41)62)31-81-59-69-54-44(26-66-53(52(54)65)43-11-8-10-37-16-19-45(63)51(64)50(37)43)56(70-59)72-27-39-17-18-40(28-72)75(39)60(79)82-61(5,6)7/h8,10-16,19,25-26,32-34,39-42,46,49,76H,9,17-18,20-24,27-31H2,1-7H3,(H,68,77)/t34-,39?,40?,41-,42+,46-,49+,62-/m0/s1. The minimum Gasteiger partial charge on any atom is -0.474 e. The number of rotatable bonds is 15. The van der Waals surface area contributed by atoms with E-state index in [9.17, 15) is 23.9 Å². The molecule has 0 spiro atoms. The molecule has 2 N–H and O–H groups in total. The number of hydrogen-bond acceptors (Lipinski definition) is 16. The zero-order valence-electron chi connectivity index (χ0n) is 48.1. The van der Waals surface area contributed by atoms with Gasteiger partial charge < -0.3 is 39.0 Å². The number of benzene rings is 3. The van der Waals surface area contributed by atoms with Crippen LogP contribution >= 0.6 is 11.3 Å². The Labute approximate surface area is 488 Å². The number of nitrogens with one attached hydrogen (secondary N) is 1. The SMILES string of the molecule is Cc1ncsc1-c1ccc([C@H](C)NC(=O)[C@@H]2C[C@@H](O)CN2C(=O)[C@@H](c2cc(OC[C@@H]3CC[C@]4(COc5nc(N6CC7CCC(C6)N7C(=O)OC(C)(C)C)c6cnc(-c7cccc8ccc(F)c(F)c78)c(F)c6n5)CCCN34)no2)C(C)C)cc1. The number of pyridine rings is 1. The number of carbonyl (C=O) groups is 3. The van der Waals surface area contributed by atoms with Crippen LogP contribution in [0, 0.1) is 30.3 Å². The number of likely N-dealkylation sites (tertiary alicyclic amines) is 1. The summed E-state index contributed by atoms with van der Waals surface area (Å²) in [6, 6.07) is 15.0. The molecular weight excluding hydrogens is 1100 g/mol. The number of fused-ring (bicyclic) bond motifs is 5. The van der Waals surface area contributed by atoms with Crippen molar-refractivity contribution in [2.45, 2.75) is 147 Å². The van der Waals surface area contributed by atoms with Crippen molar-refractivity contribution >= 4 is 56.7 Å². The van der Waals surface area contributed by atoms with Gasteiger partial charge in [-0.2, -0.15) is 9.97 Å². The van der Waals surface area contributed by atoms with Gasteiger partial charge in [0.25, 0.3) is 5.88 Å². The molecule has 442 valence electrons. The van der Waals surface area contributed by atoms with Gasteiger partial charge in [0.05, 0.1) is 51.2 Å². The van der Waals surface area contributed by atoms with E-state index < -0.39 is 46.7 Å². The van der Waals surface area contributed by atoms with E-state index in [1.807, 2.05) is 88.0 Å². The highest BCUT2D eigenvalue weighted by molar-refractivity contribution is 7.13. The molecule has 12 rings (SSSR count). The molecule has 3 aromatic carbocycles. The van der Waals surface area contributed by atoms with Crippen molar-refractivity contribution in [3.05, 3.63) is 107 Å². The number of β-amino-alcohol motifs (C(OH)–C–C–N with tert-alkyl or cyclic N) is 1. The summed E-state index contributed by atoms with van der Waals surface area (Å²) in [6.07, 6.45) is 4.98. The number of ether oxygens (including phenoxy) is 3. The molecule has 4 aromatic heterocycles. The van der Waals surface area contributed by atoms with Crippen LogP contribution in [0.2, 0.25) is 0 Å². The Morgan fingerprint density at radius 2 is 1.70 bits per heavy atom. The predicted molar refractivity (Wildman–Crippen MR) is 309 cm³/mol. The molecule has 7 aromatic rings. The third kappa shape index (κ3) is 10.8. The molecule has 0 aliphatic carbocycles. The van der Waals surface area contributed by atoms with Gasteiger partial charge in [-0.1, -0.05) is 62.4 Å². The van der Waals surface area contributed by atoms with Crippen molar-refractivity contribution < 1.29 is 51.4 Å². The summed E-state index contributed by atoms with van der Waals surface area (Å²) >= 11 is 1.57. The summed E-state index contributed by atoms with van der Waals surface area (Å²) in [4.78, 5) is 69.2. The summed E-state index contributed by atoms with van der Waals surface area (Å²) in [7, 11) is 0. The monoisotopic (exact) mass is 1170 g/mol. The van der Waals surface area contributed by atoms with Crippen molar-refractivity contribution in [1.82, 2.24) is 45.1 Å². The number of carbonyl (C=O) groups excluding carboxylic acids is 3. The van der Waals surface area contributed by atoms with Crippen molar-refractivity contribution in [3.63, 3.8) is 0 Å². The highest BCUT2D eigenvalue weighted by Crippen LogP contribution is 2.45. The number of anilines is 1. The highest BCUT2D eigenvalue weighted by Gasteiger charge is 2.51. The first-order chi connectivity index (χ1) is 40.2. The van der Waals surface area contributed by atoms with Gasteiger partial charge >= 0.3 is 12.1 Å². The van der Waals surface area contributed by atoms with Crippen LogP contribution in [0.3, 0.4) is 0 Å². The van der Waals surface area contributed by atoms with Crippen LogP contribution in [0.5, 0.6) is 11.9 Å². The second kappa shape index (κ2) is 22.5. The number of halogens is 3. The van der Waals surface area contributed by atoms with Crippen molar-refractivity contribution in [2.24, 2.45) is 5.92 Å². The number of nitrogens with zero attached hydrogens (tertiary/aromatic N) is 9. The molecule has 2 bridgehead atoms. The topological polar surface area (TPSA) is 202 Å². The molecule has 18 nitrogen and oxygen atoms in total. The molecule has 2 unspecified atom stereocenters. The number of hydrogen-bond donors (Lipinski definition) is 2. The molecule has 0 radical (unpaired) electrons. The zero-order chi connectivity index (χ0) is 58.9. The molecule has 3 amide bonds. The maximum Gasteiger partial charge on any atom is 0.410 e. The number of piperazine rings is 1. The lowest BCUT2D eigenvalue weighted by Gasteiger charge is -2.42. The van der Waals surface area contributed by atoms with Crippen LogP contribution in [0.15, 0.2) is 76.9 Å². The van der Waals surface area contributed by atoms with Crippen LogP contribution in [-0.2, 0) is 14.3 Å². The Morgan fingerprint density at radius 3 is 2.43 bits per heavy atom. The van der Waals surface area contributed by atoms with E-state index in [2.05, 4.69) is 25.3 Å². The molecule has 5 fully saturated rings. The molecule has 5 aliphatic heterocycles. The third-order valence-electron chi connectivity index (χ3n) is 17.5. The van der Waals surface area contributed by atoms with Gasteiger partial charge in [-0.05, 0) is 113 Å². The lowest BCUT2D eigenvalue weighted by Crippen LogP contribution is -2.57. The fraction of sp³-hybridized carbons (Fsp3) is 0.484. The summed E-state index contributed by atoms with van der Waals surface area (Å²) in [5.41, 5.74) is 3.35. The van der Waals surface area contributed by atoms with Gasteiger partial charge in [0.1, 0.15) is 47.8 Å². The number of thiazole rings is 1. The fourth-order valence-electron chi connectivity index (χ4n) is 13.5. The molecule has 5 saturated heterocycles. The van der Waals surface area contributed by atoms with Crippen LogP contribution in [0.4, 0.5) is 23.8 Å². The number of aliphatic hydroxyl groups is 1. The van der Waals surface area contributed by atoms with E-state index in [-0.39, 0.29) is 114 Å². The van der Waals surface area contributed by atoms with Gasteiger partial charge in [-0.15, -0.1) is 11.3 Å². The van der Waals surface area contributed by atoms with E-state index in [1.165, 1.54) is 23.2 Å². The summed E-state index contributed by atoms with van der Waals surface area (Å²) in [6.45, 7) is 15.1. The average Bonchev–Trinajstić information content (AvgIpc) is 2.86. The van der Waals surface area contributed by atoms with Crippen LogP contribution in [0.25, 0.3) is 43.4 Å². The lowest BCUT2D eigenvalue weighted by atomic mass is 9.91. The normalized spacial score (nSPS) is 23.2. The fourth-order valence-corrected chi connectivity index (χ4v) is 14.3. The number of amides is 3. The van der Waals surface area contributed by atoms with E-state index in [4.69, 9.17) is 28.7 Å². The molecule has 22 heteroatoms. The van der Waals surface area contributed by atoms with Gasteiger partial charge in [0, 0.05) is 55.3 Å². The highest BCUT2D eigenvalue weighted by atomic mass is 32.1. The Hall–Kier alpha value is -7.43. The van der Waals surface area contributed by atoms with Crippen LogP contribution in [-0.4, -0.2) is 144 Å². The maximum atomic E-state index is 17.4. The van der Waals surface area contributed by atoms with Crippen molar-refractivity contribution in [1.29, 1.82) is 0 Å². The van der Waals surface area contributed by atoms with Crippen molar-refractivity contribution in [3.8, 4) is 33.6 Å². The van der Waals surface area contributed by atoms with E-state index in [0.29, 0.717) is 29.7 Å². The average molecular weight is 1170 g/mol. The summed E-state index contributed by atoms with van der Waals surface area (Å²) < 4.78 is 72.3. The van der Waals surface area contributed by atoms with Gasteiger partial charge in [0.2, 0.25) is 11.8 Å². The van der Waals surface area contributed by atoms with E-state index in [0.717, 1.165) is 72.8 Å². The molecule has 5 aliphatic rings. The number of aryl methyl sites for hydroxylation is 1. The first kappa shape index (κ1) is 57.0. The van der Waals surface area contributed by atoms with Crippen molar-refractivity contribution in [2.75, 3.05) is 44.3 Å². The minimum atomic E-state index is -1.11. The molecule has 84 heavy (non-hydrogen) atoms. The molecule has 0 saturated carbocycles. The predicted octanol–water partition coefficient (Wildman–Crippen LogP) is 10.3. The first-order valence-corrected chi connectivity index (χ1v) is 29.9. The van der Waals surface area contributed by atoms with Crippen LogP contribution < -0.4 is 19.7 Å². The Bertz CT molecular complexity index is 3640. The van der Waals surface area contributed by atoms with Gasteiger partial charge in [-0.25, -0.2) is 22.9 Å². The molecule has 9 heterocycles. The molecule has 8 atom stereocenters. The first-order valence-electron chi connectivity index (χ1n) is 29.0. The minimum absolute atomic E-state index is 0.00563. The van der Waals surface area contributed by atoms with Gasteiger partial charge in [0.15, 0.2) is 23.2 Å². The van der Waals surface area contributed by atoms with E-state index >= 15 is 8.78 Å². The zero-order valence-corrected chi connectivity index (χ0v) is 48.9. The maximum absolute atomic E-state index is 17.4. The Morgan fingerprint density at radius 1 is 0.929 bits per heavy atom. The smallest absolute Gasteiger partial charge is 0.410 e. The second-order valence-electron chi connectivity index (χ2n) is 24.6. The Balaban J connectivity index is 0.742. The van der Waals surface area contributed by atoms with Gasteiger partial charge in [-0.3, -0.25) is 24.4 Å². The quantitative estimate of drug-likeness (QED) is 0.0981. The Kier molecular flexibility index (Phi) is 15.3.